The summed E-state index contributed by atoms with van der Waals surface area (Å²) in [5.41, 5.74) is -1.34. The van der Waals surface area contributed by atoms with Gasteiger partial charge in [0.15, 0.2) is 0 Å². The maximum Gasteiger partial charge on any atom is 0.345 e. The monoisotopic (exact) mass is 596 g/mol. The fourth-order valence-corrected chi connectivity index (χ4v) is 3.07. The average molecular weight is 597 g/mol. The van der Waals surface area contributed by atoms with E-state index in [0.717, 1.165) is 58.3 Å². The first-order valence-electron chi connectivity index (χ1n) is 14.5. The van der Waals surface area contributed by atoms with Crippen LogP contribution in [0.3, 0.4) is 0 Å². The predicted molar refractivity (Wildman–Crippen MR) is 152 cm³/mol. The van der Waals surface area contributed by atoms with Crippen molar-refractivity contribution in [2.24, 2.45) is 11.8 Å². The van der Waals surface area contributed by atoms with Gasteiger partial charge in [-0.05, 0) is 66.2 Å². The van der Waals surface area contributed by atoms with E-state index in [1.807, 2.05) is 41.5 Å². The van der Waals surface area contributed by atoms with E-state index in [1.165, 1.54) is 0 Å². The van der Waals surface area contributed by atoms with Gasteiger partial charge in [0.1, 0.15) is 11.2 Å². The van der Waals surface area contributed by atoms with Gasteiger partial charge in [0.2, 0.25) is 0 Å². The molecule has 2 N–H and O–H groups in total. The zero-order chi connectivity index (χ0) is 32.5. The standard InChI is InChI=1S/C24H46O6.C3H6O3.C2H4O3/c1-9-13-15-19(11-3)21(25)27-29-23(5,6)17-18-24(7,8)30-28-22(26)20(12-4)16-14-10-2;1-2-3(4)6-5;1-2(3)5-4/h19-20H,9-18H2,1-8H3;5H,2H2,1H3;4H,1H3. The van der Waals surface area contributed by atoms with Gasteiger partial charge < -0.3 is 9.78 Å². The molecule has 0 radical (unpaired) electrons. The largest absolute Gasteiger partial charge is 0.345 e. The van der Waals surface area contributed by atoms with Crippen molar-refractivity contribution in [2.45, 2.75) is 151 Å². The maximum absolute atomic E-state index is 12.2. The molecule has 0 aliphatic carbocycles. The van der Waals surface area contributed by atoms with E-state index in [2.05, 4.69) is 23.6 Å². The molecule has 12 heteroatoms. The summed E-state index contributed by atoms with van der Waals surface area (Å²) >= 11 is 0. The lowest BCUT2D eigenvalue weighted by Gasteiger charge is -2.29. The Bertz CT molecular complexity index is 656. The summed E-state index contributed by atoms with van der Waals surface area (Å²) in [4.78, 5) is 71.1. The zero-order valence-electron chi connectivity index (χ0n) is 26.9. The lowest BCUT2D eigenvalue weighted by molar-refractivity contribution is -0.343. The molecule has 244 valence electrons. The number of carbonyl (C=O) groups excluding carboxylic acids is 4. The first-order chi connectivity index (χ1) is 19.1. The van der Waals surface area contributed by atoms with Crippen LogP contribution in [0.25, 0.3) is 0 Å². The second-order valence-corrected chi connectivity index (χ2v) is 10.9. The first-order valence-corrected chi connectivity index (χ1v) is 14.5. The molecule has 12 nitrogen and oxygen atoms in total. The Balaban J connectivity index is -0.00000110. The molecule has 0 aliphatic rings. The first kappa shape index (κ1) is 43.2. The van der Waals surface area contributed by atoms with Gasteiger partial charge >= 0.3 is 23.9 Å². The van der Waals surface area contributed by atoms with Crippen molar-refractivity contribution < 1.29 is 59.0 Å². The van der Waals surface area contributed by atoms with Crippen LogP contribution in [-0.4, -0.2) is 45.6 Å². The Morgan fingerprint density at radius 2 is 1.00 bits per heavy atom. The highest BCUT2D eigenvalue weighted by Gasteiger charge is 2.31. The van der Waals surface area contributed by atoms with E-state index >= 15 is 0 Å². The molecular weight excluding hydrogens is 540 g/mol. The van der Waals surface area contributed by atoms with Crippen molar-refractivity contribution >= 4 is 23.9 Å². The van der Waals surface area contributed by atoms with Crippen LogP contribution in [0.4, 0.5) is 0 Å². The van der Waals surface area contributed by atoms with Gasteiger partial charge in [0.25, 0.3) is 0 Å². The Hall–Kier alpha value is -2.28. The van der Waals surface area contributed by atoms with Gasteiger partial charge in [-0.15, -0.1) is 0 Å². The maximum atomic E-state index is 12.2. The van der Waals surface area contributed by atoms with Crippen LogP contribution in [0.15, 0.2) is 0 Å². The zero-order valence-corrected chi connectivity index (χ0v) is 26.9. The molecule has 2 atom stereocenters. The third-order valence-electron chi connectivity index (χ3n) is 6.01. The summed E-state index contributed by atoms with van der Waals surface area (Å²) in [5, 5.41) is 14.8. The molecule has 0 rings (SSSR count). The summed E-state index contributed by atoms with van der Waals surface area (Å²) in [6.07, 6.45) is 8.58. The lowest BCUT2D eigenvalue weighted by Crippen LogP contribution is -2.34. The second-order valence-electron chi connectivity index (χ2n) is 10.9. The molecule has 0 spiro atoms. The molecule has 0 fully saturated rings. The number of carbonyl (C=O) groups is 4. The molecule has 0 amide bonds. The lowest BCUT2D eigenvalue weighted by atomic mass is 9.94. The van der Waals surface area contributed by atoms with Gasteiger partial charge in [-0.3, -0.25) is 9.78 Å². The predicted octanol–water partition coefficient (Wildman–Crippen LogP) is 7.14. The highest BCUT2D eigenvalue weighted by Crippen LogP contribution is 2.27. The molecule has 0 aliphatic heterocycles. The van der Waals surface area contributed by atoms with Gasteiger partial charge in [0.05, 0.1) is 11.8 Å². The fraction of sp³-hybridized carbons (Fsp3) is 0.862. The topological polar surface area (TPSA) is 164 Å². The van der Waals surface area contributed by atoms with Gasteiger partial charge in [-0.2, -0.15) is 20.3 Å². The summed E-state index contributed by atoms with van der Waals surface area (Å²) in [6, 6.07) is 0. The highest BCUT2D eigenvalue weighted by atomic mass is 17.2. The molecule has 0 saturated carbocycles. The minimum Gasteiger partial charge on any atom is -0.301 e. The molecule has 0 aromatic rings. The molecule has 41 heavy (non-hydrogen) atoms. The fourth-order valence-electron chi connectivity index (χ4n) is 3.07. The molecule has 0 bridgehead atoms. The molecule has 0 saturated heterocycles. The van der Waals surface area contributed by atoms with E-state index in [-0.39, 0.29) is 30.2 Å². The Morgan fingerprint density at radius 1 is 0.659 bits per heavy atom. The number of hydrogen-bond donors (Lipinski definition) is 2. The van der Waals surface area contributed by atoms with Crippen molar-refractivity contribution in [3.05, 3.63) is 0 Å². The van der Waals surface area contributed by atoms with Crippen molar-refractivity contribution in [3.63, 3.8) is 0 Å². The molecular formula is C29H56O12. The SMILES string of the molecule is CC(=O)OO.CCC(=O)OO.CCCCC(CC)C(=O)OOC(C)(C)CCC(C)(C)OOC(=O)C(CC)CCCC. The molecule has 0 aromatic heterocycles. The molecule has 2 unspecified atom stereocenters. The number of rotatable bonds is 18. The van der Waals surface area contributed by atoms with E-state index < -0.39 is 23.1 Å². The summed E-state index contributed by atoms with van der Waals surface area (Å²) in [6.45, 7) is 18.4. The van der Waals surface area contributed by atoms with Crippen LogP contribution in [0.1, 0.15) is 140 Å². The normalized spacial score (nSPS) is 12.4. The van der Waals surface area contributed by atoms with Gasteiger partial charge in [-0.1, -0.05) is 60.3 Å². The van der Waals surface area contributed by atoms with Crippen LogP contribution in [0, 0.1) is 11.8 Å². The quantitative estimate of drug-likeness (QED) is 0.121. The van der Waals surface area contributed by atoms with Crippen molar-refractivity contribution in [1.82, 2.24) is 0 Å². The van der Waals surface area contributed by atoms with Gasteiger partial charge in [-0.25, -0.2) is 19.2 Å². The van der Waals surface area contributed by atoms with Gasteiger partial charge in [0, 0.05) is 13.3 Å². The average Bonchev–Trinajstić information content (AvgIpc) is 2.95. The van der Waals surface area contributed by atoms with Crippen LogP contribution in [0.5, 0.6) is 0 Å². The van der Waals surface area contributed by atoms with Crippen LogP contribution in [-0.2, 0) is 48.5 Å². The Labute approximate surface area is 246 Å². The summed E-state index contributed by atoms with van der Waals surface area (Å²) < 4.78 is 0. The van der Waals surface area contributed by atoms with E-state index in [1.54, 1.807) is 6.92 Å². The Morgan fingerprint density at radius 3 is 1.20 bits per heavy atom. The van der Waals surface area contributed by atoms with E-state index in [9.17, 15) is 19.2 Å². The highest BCUT2D eigenvalue weighted by molar-refractivity contribution is 5.72. The van der Waals surface area contributed by atoms with E-state index in [0.29, 0.717) is 12.8 Å². The minimum absolute atomic E-state index is 0.126. The second kappa shape index (κ2) is 25.4. The Kier molecular flexibility index (Phi) is 26.8. The number of hydrogen-bond acceptors (Lipinski definition) is 12. The summed E-state index contributed by atoms with van der Waals surface area (Å²) in [5.74, 6) is -2.15. The van der Waals surface area contributed by atoms with E-state index in [4.69, 9.17) is 30.1 Å². The van der Waals surface area contributed by atoms with Crippen LogP contribution < -0.4 is 0 Å². The van der Waals surface area contributed by atoms with Crippen LogP contribution >= 0.6 is 0 Å². The third-order valence-corrected chi connectivity index (χ3v) is 6.01. The van der Waals surface area contributed by atoms with Crippen molar-refractivity contribution in [2.75, 3.05) is 0 Å². The third kappa shape index (κ3) is 26.4. The molecule has 0 aromatic carbocycles. The van der Waals surface area contributed by atoms with Crippen molar-refractivity contribution in [1.29, 1.82) is 0 Å². The van der Waals surface area contributed by atoms with Crippen molar-refractivity contribution in [3.8, 4) is 0 Å². The molecule has 0 heterocycles. The number of unbranched alkanes of at least 4 members (excludes halogenated alkanes) is 2. The van der Waals surface area contributed by atoms with Crippen LogP contribution in [0.2, 0.25) is 0 Å². The minimum atomic E-state index is -0.690. The smallest absolute Gasteiger partial charge is 0.301 e. The summed E-state index contributed by atoms with van der Waals surface area (Å²) in [7, 11) is 0.